The Hall–Kier alpha value is -2.63. The van der Waals surface area contributed by atoms with Crippen molar-refractivity contribution in [3.8, 4) is 0 Å². The molecule has 1 saturated heterocycles. The Balaban J connectivity index is 1.41. The van der Waals surface area contributed by atoms with Gasteiger partial charge < -0.3 is 14.6 Å². The van der Waals surface area contributed by atoms with Crippen molar-refractivity contribution in [3.63, 3.8) is 0 Å². The van der Waals surface area contributed by atoms with Crippen LogP contribution in [0.1, 0.15) is 42.0 Å². The number of aliphatic hydroxyl groups is 1. The zero-order valence-corrected chi connectivity index (χ0v) is 21.8. The monoisotopic (exact) mass is 520 g/mol. The van der Waals surface area contributed by atoms with Gasteiger partial charge in [0.1, 0.15) is 0 Å². The molecule has 1 aliphatic rings. The molecule has 1 aliphatic heterocycles. The summed E-state index contributed by atoms with van der Waals surface area (Å²) in [5, 5.41) is 13.9. The number of aromatic nitrogens is 1. The van der Waals surface area contributed by atoms with E-state index in [1.54, 1.807) is 4.57 Å². The topological polar surface area (TPSA) is 45.5 Å². The molecule has 4 nitrogen and oxygen atoms in total. The molecule has 36 heavy (non-hydrogen) atoms. The SMILES string of the molecule is Cn1c(C(CCN2CCC(O)(c3ccccc3)CC2)c2ccc(Cl)c(Cl)c2)cc2ccccc2c1=O. The van der Waals surface area contributed by atoms with E-state index >= 15 is 0 Å². The van der Waals surface area contributed by atoms with Crippen molar-refractivity contribution >= 4 is 34.0 Å². The van der Waals surface area contributed by atoms with Crippen LogP contribution in [0.4, 0.5) is 0 Å². The molecule has 0 aliphatic carbocycles. The van der Waals surface area contributed by atoms with Crippen molar-refractivity contribution in [2.75, 3.05) is 19.6 Å². The van der Waals surface area contributed by atoms with E-state index in [-0.39, 0.29) is 11.5 Å². The van der Waals surface area contributed by atoms with Gasteiger partial charge in [-0.15, -0.1) is 0 Å². The van der Waals surface area contributed by atoms with Crippen LogP contribution < -0.4 is 5.56 Å². The molecule has 3 aromatic carbocycles. The molecule has 0 saturated carbocycles. The van der Waals surface area contributed by atoms with Gasteiger partial charge in [0.2, 0.25) is 0 Å². The van der Waals surface area contributed by atoms with E-state index in [0.29, 0.717) is 28.3 Å². The number of likely N-dealkylation sites (tertiary alicyclic amines) is 1. The van der Waals surface area contributed by atoms with Gasteiger partial charge >= 0.3 is 0 Å². The Bertz CT molecular complexity index is 1430. The van der Waals surface area contributed by atoms with Crippen molar-refractivity contribution in [2.45, 2.75) is 30.8 Å². The molecule has 0 spiro atoms. The fourth-order valence-electron chi connectivity index (χ4n) is 5.42. The number of pyridine rings is 1. The van der Waals surface area contributed by atoms with Gasteiger partial charge in [0, 0.05) is 37.1 Å². The zero-order valence-electron chi connectivity index (χ0n) is 20.3. The van der Waals surface area contributed by atoms with E-state index in [1.165, 1.54) is 0 Å². The number of piperidine rings is 1. The fourth-order valence-corrected chi connectivity index (χ4v) is 5.72. The van der Waals surface area contributed by atoms with Crippen molar-refractivity contribution in [1.29, 1.82) is 0 Å². The lowest BCUT2D eigenvalue weighted by atomic mass is 9.84. The lowest BCUT2D eigenvalue weighted by Gasteiger charge is -2.39. The summed E-state index contributed by atoms with van der Waals surface area (Å²) in [5.74, 6) is -0.0305. The number of hydrogen-bond donors (Lipinski definition) is 1. The maximum absolute atomic E-state index is 13.2. The molecule has 1 atom stereocenters. The summed E-state index contributed by atoms with van der Waals surface area (Å²) in [6.45, 7) is 2.48. The number of fused-ring (bicyclic) bond motifs is 1. The number of nitrogens with zero attached hydrogens (tertiary/aromatic N) is 2. The Morgan fingerprint density at radius 2 is 1.61 bits per heavy atom. The van der Waals surface area contributed by atoms with E-state index in [1.807, 2.05) is 79.8 Å². The van der Waals surface area contributed by atoms with Crippen LogP contribution in [0.3, 0.4) is 0 Å². The highest BCUT2D eigenvalue weighted by atomic mass is 35.5. The second kappa shape index (κ2) is 10.4. The number of rotatable bonds is 6. The first-order valence-electron chi connectivity index (χ1n) is 12.4. The third kappa shape index (κ3) is 4.96. The maximum Gasteiger partial charge on any atom is 0.258 e. The maximum atomic E-state index is 13.2. The molecule has 1 fully saturated rings. The summed E-state index contributed by atoms with van der Waals surface area (Å²) in [4.78, 5) is 15.6. The molecule has 1 N–H and O–H groups in total. The highest BCUT2D eigenvalue weighted by molar-refractivity contribution is 6.42. The zero-order chi connectivity index (χ0) is 25.3. The van der Waals surface area contributed by atoms with Crippen LogP contribution in [0.2, 0.25) is 10.0 Å². The number of halogens is 2. The molecule has 6 heteroatoms. The van der Waals surface area contributed by atoms with Crippen LogP contribution in [0.25, 0.3) is 10.8 Å². The molecule has 0 radical (unpaired) electrons. The molecule has 4 aromatic rings. The first-order valence-corrected chi connectivity index (χ1v) is 13.2. The van der Waals surface area contributed by atoms with Gasteiger partial charge in [0.05, 0.1) is 15.6 Å². The standard InChI is InChI=1S/C30H30Cl2N2O2/c1-33-28(20-21-7-5-6-10-25(21)29(33)35)24(22-11-12-26(31)27(32)19-22)13-16-34-17-14-30(36,15-18-34)23-8-3-2-4-9-23/h2-12,19-20,24,36H,13-18H2,1H3. The Morgan fingerprint density at radius 3 is 2.33 bits per heavy atom. The van der Waals surface area contributed by atoms with Gasteiger partial charge in [0.15, 0.2) is 0 Å². The summed E-state index contributed by atoms with van der Waals surface area (Å²) < 4.78 is 1.76. The summed E-state index contributed by atoms with van der Waals surface area (Å²) in [6, 6.07) is 25.5. The van der Waals surface area contributed by atoms with Crippen molar-refractivity contribution < 1.29 is 5.11 Å². The summed E-state index contributed by atoms with van der Waals surface area (Å²) in [7, 11) is 1.84. The van der Waals surface area contributed by atoms with Crippen molar-refractivity contribution in [1.82, 2.24) is 9.47 Å². The lowest BCUT2D eigenvalue weighted by Crippen LogP contribution is -2.43. The molecule has 1 unspecified atom stereocenters. The average molecular weight is 521 g/mol. The van der Waals surface area contributed by atoms with Crippen LogP contribution in [0, 0.1) is 0 Å². The van der Waals surface area contributed by atoms with E-state index < -0.39 is 5.60 Å². The van der Waals surface area contributed by atoms with E-state index in [9.17, 15) is 9.90 Å². The first kappa shape index (κ1) is 25.0. The largest absolute Gasteiger partial charge is 0.385 e. The van der Waals surface area contributed by atoms with Crippen LogP contribution >= 0.6 is 23.2 Å². The molecule has 1 aromatic heterocycles. The minimum absolute atomic E-state index is 0.000872. The van der Waals surface area contributed by atoms with Gasteiger partial charge in [-0.25, -0.2) is 0 Å². The van der Waals surface area contributed by atoms with E-state index in [2.05, 4.69) is 11.0 Å². The molecular weight excluding hydrogens is 491 g/mol. The molecule has 5 rings (SSSR count). The van der Waals surface area contributed by atoms with Gasteiger partial charge in [0.25, 0.3) is 5.56 Å². The predicted octanol–water partition coefficient (Wildman–Crippen LogP) is 6.35. The molecule has 0 amide bonds. The Labute approximate surface area is 221 Å². The second-order valence-corrected chi connectivity index (χ2v) is 10.6. The first-order chi connectivity index (χ1) is 17.4. The Kier molecular flexibility index (Phi) is 7.23. The van der Waals surface area contributed by atoms with Crippen LogP contribution in [-0.4, -0.2) is 34.2 Å². The fraction of sp³-hybridized carbons (Fsp3) is 0.300. The highest BCUT2D eigenvalue weighted by Crippen LogP contribution is 2.35. The summed E-state index contributed by atoms with van der Waals surface area (Å²) in [5.41, 5.74) is 2.20. The third-order valence-electron chi connectivity index (χ3n) is 7.62. The Morgan fingerprint density at radius 1 is 0.917 bits per heavy atom. The van der Waals surface area contributed by atoms with Gasteiger partial charge in [-0.05, 0) is 66.6 Å². The third-order valence-corrected chi connectivity index (χ3v) is 8.36. The minimum Gasteiger partial charge on any atom is -0.385 e. The van der Waals surface area contributed by atoms with Gasteiger partial charge in [-0.3, -0.25) is 4.79 Å². The van der Waals surface area contributed by atoms with Crippen LogP contribution in [0.5, 0.6) is 0 Å². The average Bonchev–Trinajstić information content (AvgIpc) is 2.90. The molecular formula is C30H30Cl2N2O2. The van der Waals surface area contributed by atoms with E-state index in [0.717, 1.165) is 48.3 Å². The van der Waals surface area contributed by atoms with E-state index in [4.69, 9.17) is 23.2 Å². The minimum atomic E-state index is -0.775. The second-order valence-electron chi connectivity index (χ2n) is 9.77. The molecule has 0 bridgehead atoms. The smallest absolute Gasteiger partial charge is 0.258 e. The predicted molar refractivity (Wildman–Crippen MR) is 148 cm³/mol. The van der Waals surface area contributed by atoms with Crippen molar-refractivity contribution in [3.05, 3.63) is 116 Å². The normalized spacial score (nSPS) is 16.8. The van der Waals surface area contributed by atoms with Crippen LogP contribution in [-0.2, 0) is 12.6 Å². The number of hydrogen-bond acceptors (Lipinski definition) is 3. The summed E-state index contributed by atoms with van der Waals surface area (Å²) in [6.07, 6.45) is 2.21. The molecule has 186 valence electrons. The number of benzene rings is 3. The van der Waals surface area contributed by atoms with Gasteiger partial charge in [-0.1, -0.05) is 77.8 Å². The van der Waals surface area contributed by atoms with Gasteiger partial charge in [-0.2, -0.15) is 0 Å². The van der Waals surface area contributed by atoms with Crippen molar-refractivity contribution in [2.24, 2.45) is 7.05 Å². The lowest BCUT2D eigenvalue weighted by molar-refractivity contribution is -0.0262. The summed E-state index contributed by atoms with van der Waals surface area (Å²) >= 11 is 12.6. The highest BCUT2D eigenvalue weighted by Gasteiger charge is 2.34. The molecule has 2 heterocycles. The van der Waals surface area contributed by atoms with Crippen LogP contribution in [0.15, 0.2) is 83.7 Å². The quantitative estimate of drug-likeness (QED) is 0.322.